The molecular formula is C26H28. The van der Waals surface area contributed by atoms with Crippen LogP contribution in [0.4, 0.5) is 0 Å². The minimum absolute atomic E-state index is 0.783. The lowest BCUT2D eigenvalue weighted by atomic mass is 9.79. The number of benzene rings is 3. The van der Waals surface area contributed by atoms with Gasteiger partial charge in [0.05, 0.1) is 0 Å². The van der Waals surface area contributed by atoms with Gasteiger partial charge in [-0.15, -0.1) is 0 Å². The molecule has 3 aromatic carbocycles. The quantitative estimate of drug-likeness (QED) is 0.469. The van der Waals surface area contributed by atoms with E-state index in [0.29, 0.717) is 0 Å². The van der Waals surface area contributed by atoms with Gasteiger partial charge in [-0.3, -0.25) is 0 Å². The van der Waals surface area contributed by atoms with Crippen molar-refractivity contribution in [3.8, 4) is 11.1 Å². The van der Waals surface area contributed by atoms with E-state index in [9.17, 15) is 0 Å². The monoisotopic (exact) mass is 340 g/mol. The van der Waals surface area contributed by atoms with E-state index in [4.69, 9.17) is 0 Å². The predicted octanol–water partition coefficient (Wildman–Crippen LogP) is 7.24. The minimum atomic E-state index is 0.783. The van der Waals surface area contributed by atoms with Gasteiger partial charge in [0.25, 0.3) is 0 Å². The summed E-state index contributed by atoms with van der Waals surface area (Å²) in [6.07, 6.45) is 6.51. The first-order chi connectivity index (χ1) is 12.8. The Morgan fingerprint density at radius 3 is 1.77 bits per heavy atom. The van der Waals surface area contributed by atoms with Crippen LogP contribution < -0.4 is 0 Å². The van der Waals surface area contributed by atoms with Gasteiger partial charge in [-0.05, 0) is 58.9 Å². The van der Waals surface area contributed by atoms with Crippen molar-refractivity contribution in [1.82, 2.24) is 0 Å². The van der Waals surface area contributed by atoms with Gasteiger partial charge in [-0.1, -0.05) is 98.6 Å². The maximum absolute atomic E-state index is 2.39. The molecule has 0 amide bonds. The molecule has 0 saturated heterocycles. The average Bonchev–Trinajstić information content (AvgIpc) is 2.71. The van der Waals surface area contributed by atoms with E-state index >= 15 is 0 Å². The Hall–Kier alpha value is -2.34. The molecule has 0 heteroatoms. The van der Waals surface area contributed by atoms with E-state index in [1.54, 1.807) is 5.56 Å². The number of rotatable bonds is 4. The molecule has 0 unspecified atom stereocenters. The molecule has 1 saturated carbocycles. The van der Waals surface area contributed by atoms with Gasteiger partial charge in [0, 0.05) is 0 Å². The van der Waals surface area contributed by atoms with Gasteiger partial charge in [0.15, 0.2) is 0 Å². The summed E-state index contributed by atoms with van der Waals surface area (Å²) in [5.74, 6) is 1.70. The third-order valence-electron chi connectivity index (χ3n) is 5.94. The molecule has 1 aliphatic carbocycles. The van der Waals surface area contributed by atoms with Gasteiger partial charge >= 0.3 is 0 Å². The van der Waals surface area contributed by atoms with E-state index in [1.807, 2.05) is 0 Å². The Labute approximate surface area is 157 Å². The van der Waals surface area contributed by atoms with Crippen LogP contribution in [0.15, 0.2) is 78.9 Å². The Balaban J connectivity index is 1.41. The fourth-order valence-corrected chi connectivity index (χ4v) is 4.18. The first-order valence-electron chi connectivity index (χ1n) is 10.0. The molecule has 0 heterocycles. The Kier molecular flexibility index (Phi) is 5.20. The highest BCUT2D eigenvalue weighted by atomic mass is 14.2. The van der Waals surface area contributed by atoms with Crippen LogP contribution in [-0.2, 0) is 6.42 Å². The van der Waals surface area contributed by atoms with Crippen LogP contribution in [0.1, 0.15) is 55.2 Å². The summed E-state index contributed by atoms with van der Waals surface area (Å²) < 4.78 is 0. The van der Waals surface area contributed by atoms with Crippen LogP contribution in [-0.4, -0.2) is 0 Å². The average molecular weight is 341 g/mol. The normalized spacial score (nSPS) is 20.0. The molecule has 3 aromatic rings. The van der Waals surface area contributed by atoms with E-state index in [0.717, 1.165) is 18.3 Å². The lowest BCUT2D eigenvalue weighted by molar-refractivity contribution is 0.348. The molecular weight excluding hydrogens is 312 g/mol. The van der Waals surface area contributed by atoms with E-state index in [1.165, 1.54) is 47.9 Å². The van der Waals surface area contributed by atoms with Crippen molar-refractivity contribution in [3.63, 3.8) is 0 Å². The van der Waals surface area contributed by atoms with Crippen molar-refractivity contribution in [2.75, 3.05) is 0 Å². The highest BCUT2D eigenvalue weighted by Crippen LogP contribution is 2.35. The zero-order valence-corrected chi connectivity index (χ0v) is 15.7. The maximum Gasteiger partial charge on any atom is -0.00258 e. The lowest BCUT2D eigenvalue weighted by Gasteiger charge is -2.26. The molecule has 0 aromatic heterocycles. The minimum Gasteiger partial charge on any atom is -0.0625 e. The number of hydrogen-bond donors (Lipinski definition) is 0. The molecule has 4 rings (SSSR count). The summed E-state index contributed by atoms with van der Waals surface area (Å²) in [6.45, 7) is 2.39. The van der Waals surface area contributed by atoms with E-state index in [2.05, 4.69) is 85.8 Å². The van der Waals surface area contributed by atoms with E-state index in [-0.39, 0.29) is 0 Å². The smallest absolute Gasteiger partial charge is 0.00258 e. The summed E-state index contributed by atoms with van der Waals surface area (Å²) in [7, 11) is 0. The zero-order valence-electron chi connectivity index (χ0n) is 15.7. The molecule has 0 radical (unpaired) electrons. The second-order valence-corrected chi connectivity index (χ2v) is 7.94. The van der Waals surface area contributed by atoms with Gasteiger partial charge in [-0.2, -0.15) is 0 Å². The Morgan fingerprint density at radius 2 is 1.15 bits per heavy atom. The first-order valence-corrected chi connectivity index (χ1v) is 10.0. The van der Waals surface area contributed by atoms with Crippen LogP contribution in [0.25, 0.3) is 11.1 Å². The largest absolute Gasteiger partial charge is 0.0625 e. The Morgan fingerprint density at radius 1 is 0.615 bits per heavy atom. The topological polar surface area (TPSA) is 0 Å². The SMILES string of the molecule is CC1CCC(c2ccc(Cc3ccc(-c4ccccc4)cc3)cc2)CC1. The molecule has 0 bridgehead atoms. The highest BCUT2D eigenvalue weighted by molar-refractivity contribution is 5.63. The first kappa shape index (κ1) is 17.1. The van der Waals surface area contributed by atoms with Crippen molar-refractivity contribution in [2.24, 2.45) is 5.92 Å². The molecule has 0 aliphatic heterocycles. The van der Waals surface area contributed by atoms with Crippen molar-refractivity contribution in [3.05, 3.63) is 95.6 Å². The fourth-order valence-electron chi connectivity index (χ4n) is 4.18. The molecule has 26 heavy (non-hydrogen) atoms. The van der Waals surface area contributed by atoms with Crippen molar-refractivity contribution >= 4 is 0 Å². The third kappa shape index (κ3) is 4.07. The second kappa shape index (κ2) is 7.91. The second-order valence-electron chi connectivity index (χ2n) is 7.94. The van der Waals surface area contributed by atoms with Gasteiger partial charge in [-0.25, -0.2) is 0 Å². The molecule has 1 fully saturated rings. The lowest BCUT2D eigenvalue weighted by Crippen LogP contribution is -2.10. The van der Waals surface area contributed by atoms with Gasteiger partial charge in [0.1, 0.15) is 0 Å². The standard InChI is InChI=1S/C26H28/c1-20-7-13-24(14-8-20)26-17-11-22(12-18-26)19-21-9-15-25(16-10-21)23-5-3-2-4-6-23/h2-6,9-12,15-18,20,24H,7-8,13-14,19H2,1H3. The van der Waals surface area contributed by atoms with Gasteiger partial charge < -0.3 is 0 Å². The predicted molar refractivity (Wildman–Crippen MR) is 111 cm³/mol. The van der Waals surface area contributed by atoms with Crippen LogP contribution >= 0.6 is 0 Å². The van der Waals surface area contributed by atoms with Crippen molar-refractivity contribution < 1.29 is 0 Å². The summed E-state index contributed by atoms with van der Waals surface area (Å²) in [5, 5.41) is 0. The third-order valence-corrected chi connectivity index (χ3v) is 5.94. The molecule has 0 nitrogen and oxygen atoms in total. The summed E-state index contributed by atoms with van der Waals surface area (Å²) in [5.41, 5.74) is 6.90. The number of hydrogen-bond acceptors (Lipinski definition) is 0. The molecule has 0 N–H and O–H groups in total. The molecule has 1 aliphatic rings. The summed E-state index contributed by atoms with van der Waals surface area (Å²) in [6, 6.07) is 29.0. The Bertz CT molecular complexity index is 804. The summed E-state index contributed by atoms with van der Waals surface area (Å²) >= 11 is 0. The van der Waals surface area contributed by atoms with Crippen LogP contribution in [0, 0.1) is 5.92 Å². The van der Waals surface area contributed by atoms with Crippen molar-refractivity contribution in [1.29, 1.82) is 0 Å². The van der Waals surface area contributed by atoms with Crippen LogP contribution in [0.3, 0.4) is 0 Å². The van der Waals surface area contributed by atoms with E-state index < -0.39 is 0 Å². The van der Waals surface area contributed by atoms with Crippen molar-refractivity contribution in [2.45, 2.75) is 44.9 Å². The maximum atomic E-state index is 2.39. The summed E-state index contributed by atoms with van der Waals surface area (Å²) in [4.78, 5) is 0. The molecule has 0 spiro atoms. The molecule has 132 valence electrons. The van der Waals surface area contributed by atoms with Gasteiger partial charge in [0.2, 0.25) is 0 Å². The highest BCUT2D eigenvalue weighted by Gasteiger charge is 2.19. The zero-order chi connectivity index (χ0) is 17.8. The van der Waals surface area contributed by atoms with Crippen LogP contribution in [0.2, 0.25) is 0 Å². The van der Waals surface area contributed by atoms with Crippen LogP contribution in [0.5, 0.6) is 0 Å². The fraction of sp³-hybridized carbons (Fsp3) is 0.308. The molecule has 0 atom stereocenters.